The second-order valence-electron chi connectivity index (χ2n) is 9.57. The van der Waals surface area contributed by atoms with E-state index >= 15 is 0 Å². The van der Waals surface area contributed by atoms with Crippen molar-refractivity contribution in [3.05, 3.63) is 18.0 Å². The van der Waals surface area contributed by atoms with E-state index in [9.17, 15) is 8.42 Å². The third-order valence-corrected chi connectivity index (χ3v) is 8.30. The van der Waals surface area contributed by atoms with Gasteiger partial charge in [-0.2, -0.15) is 0 Å². The van der Waals surface area contributed by atoms with Crippen LogP contribution >= 0.6 is 0 Å². The van der Waals surface area contributed by atoms with E-state index in [2.05, 4.69) is 15.3 Å². The van der Waals surface area contributed by atoms with Gasteiger partial charge in [-0.3, -0.25) is 15.7 Å². The first-order valence-electron chi connectivity index (χ1n) is 11.2. The highest BCUT2D eigenvalue weighted by Crippen LogP contribution is 2.42. The van der Waals surface area contributed by atoms with Gasteiger partial charge in [-0.1, -0.05) is 0 Å². The number of sulfonamides is 1. The Morgan fingerprint density at radius 1 is 1.34 bits per heavy atom. The van der Waals surface area contributed by atoms with Crippen LogP contribution in [-0.4, -0.2) is 77.5 Å². The SMILES string of the molecule is CC1(N(C=N)C(=N)OCC2CC(c3cnc(NC4CCN(S(C)(=O)=O)CC4)nc3)C2)CC1.[HH]. The van der Waals surface area contributed by atoms with Gasteiger partial charge in [0, 0.05) is 38.5 Å². The van der Waals surface area contributed by atoms with E-state index in [-0.39, 0.29) is 19.0 Å². The summed E-state index contributed by atoms with van der Waals surface area (Å²) in [4.78, 5) is 10.5. The Bertz CT molecular complexity index is 941. The summed E-state index contributed by atoms with van der Waals surface area (Å²) in [6, 6.07) is 0.252. The molecule has 1 aliphatic heterocycles. The number of aromatic nitrogens is 2. The van der Waals surface area contributed by atoms with Crippen molar-refractivity contribution in [3.8, 4) is 0 Å². The Morgan fingerprint density at radius 3 is 2.50 bits per heavy atom. The van der Waals surface area contributed by atoms with Gasteiger partial charge in [-0.05, 0) is 62.8 Å². The highest BCUT2D eigenvalue weighted by Gasteiger charge is 2.45. The zero-order valence-electron chi connectivity index (χ0n) is 18.7. The maximum atomic E-state index is 11.6. The van der Waals surface area contributed by atoms with Gasteiger partial charge >= 0.3 is 0 Å². The van der Waals surface area contributed by atoms with E-state index in [1.54, 1.807) is 4.90 Å². The highest BCUT2D eigenvalue weighted by atomic mass is 32.2. The molecule has 1 aromatic heterocycles. The van der Waals surface area contributed by atoms with Crippen molar-refractivity contribution in [2.24, 2.45) is 5.92 Å². The fraction of sp³-hybridized carbons (Fsp3) is 0.714. The zero-order valence-corrected chi connectivity index (χ0v) is 19.6. The Hall–Kier alpha value is -2.27. The maximum Gasteiger partial charge on any atom is 0.290 e. The molecule has 2 heterocycles. The lowest BCUT2D eigenvalue weighted by Gasteiger charge is -2.36. The first-order chi connectivity index (χ1) is 15.2. The summed E-state index contributed by atoms with van der Waals surface area (Å²) in [7, 11) is -3.12. The third kappa shape index (κ3) is 5.20. The Kier molecular flexibility index (Phi) is 6.39. The number of amidine groups is 1. The lowest BCUT2D eigenvalue weighted by molar-refractivity contribution is 0.131. The smallest absolute Gasteiger partial charge is 0.290 e. The number of rotatable bonds is 8. The molecule has 2 saturated carbocycles. The molecule has 0 aromatic carbocycles. The molecular weight excluding hydrogens is 430 g/mol. The summed E-state index contributed by atoms with van der Waals surface area (Å²) in [5.41, 5.74) is 0.999. The molecule has 0 bridgehead atoms. The minimum absolute atomic E-state index is 0. The lowest BCUT2D eigenvalue weighted by Crippen LogP contribution is -2.42. The summed E-state index contributed by atoms with van der Waals surface area (Å²) in [5.74, 6) is 1.39. The summed E-state index contributed by atoms with van der Waals surface area (Å²) in [5, 5.41) is 19.0. The molecule has 0 radical (unpaired) electrons. The Labute approximate surface area is 191 Å². The first-order valence-corrected chi connectivity index (χ1v) is 13.1. The monoisotopic (exact) mass is 465 g/mol. The van der Waals surface area contributed by atoms with Crippen molar-refractivity contribution in [1.82, 2.24) is 19.2 Å². The van der Waals surface area contributed by atoms with Gasteiger partial charge in [-0.25, -0.2) is 22.7 Å². The molecule has 3 fully saturated rings. The van der Waals surface area contributed by atoms with Gasteiger partial charge in [0.25, 0.3) is 6.02 Å². The molecule has 1 aromatic rings. The molecule has 0 atom stereocenters. The number of nitrogens with zero attached hydrogens (tertiary/aromatic N) is 4. The molecule has 10 nitrogen and oxygen atoms in total. The molecule has 32 heavy (non-hydrogen) atoms. The normalized spacial score (nSPS) is 25.4. The Balaban J connectivity index is 0.00000306. The average Bonchev–Trinajstić information content (AvgIpc) is 3.46. The second kappa shape index (κ2) is 8.93. The molecule has 0 spiro atoms. The van der Waals surface area contributed by atoms with Crippen molar-refractivity contribution in [3.63, 3.8) is 0 Å². The van der Waals surface area contributed by atoms with Gasteiger partial charge in [0.1, 0.15) is 0 Å². The number of anilines is 1. The minimum Gasteiger partial charge on any atom is -0.465 e. The van der Waals surface area contributed by atoms with Gasteiger partial charge in [-0.15, -0.1) is 0 Å². The number of nitrogens with one attached hydrogen (secondary N) is 3. The van der Waals surface area contributed by atoms with Crippen LogP contribution in [0.3, 0.4) is 0 Å². The van der Waals surface area contributed by atoms with E-state index in [1.807, 2.05) is 19.3 Å². The summed E-state index contributed by atoms with van der Waals surface area (Å²) in [6.07, 6.45) is 11.6. The third-order valence-electron chi connectivity index (χ3n) is 6.99. The molecule has 3 N–H and O–H groups in total. The van der Waals surface area contributed by atoms with Crippen molar-refractivity contribution in [1.29, 1.82) is 10.8 Å². The zero-order chi connectivity index (χ0) is 22.9. The highest BCUT2D eigenvalue weighted by molar-refractivity contribution is 7.88. The van der Waals surface area contributed by atoms with Crippen molar-refractivity contribution in [2.45, 2.75) is 62.9 Å². The molecule has 3 aliphatic rings. The average molecular weight is 466 g/mol. The quantitative estimate of drug-likeness (QED) is 0.396. The van der Waals surface area contributed by atoms with Crippen LogP contribution in [0, 0.1) is 16.7 Å². The standard InChI is InChI=1S/C21H33N7O3S.H2/c1-21(5-6-21)28(14-22)19(23)31-13-15-9-16(10-15)17-11-24-20(25-12-17)26-18-3-7-27(8-4-18)32(2,29)30;/h11-12,14-16,18,22-23H,3-10,13H2,1-2H3,(H,24,25,26);1H. The predicted molar refractivity (Wildman–Crippen MR) is 125 cm³/mol. The van der Waals surface area contributed by atoms with Crippen LogP contribution in [0.2, 0.25) is 0 Å². The van der Waals surface area contributed by atoms with Crippen LogP contribution < -0.4 is 5.32 Å². The van der Waals surface area contributed by atoms with Crippen LogP contribution in [0.15, 0.2) is 12.4 Å². The summed E-state index contributed by atoms with van der Waals surface area (Å²) in [6.45, 7) is 3.59. The molecule has 11 heteroatoms. The van der Waals surface area contributed by atoms with Crippen molar-refractivity contribution in [2.75, 3.05) is 31.3 Å². The number of hydrogen-bond donors (Lipinski definition) is 3. The van der Waals surface area contributed by atoms with E-state index < -0.39 is 10.0 Å². The van der Waals surface area contributed by atoms with Crippen LogP contribution in [0.5, 0.6) is 0 Å². The second-order valence-corrected chi connectivity index (χ2v) is 11.5. The topological polar surface area (TPSA) is 135 Å². The van der Waals surface area contributed by atoms with Gasteiger partial charge < -0.3 is 10.1 Å². The number of ether oxygens (including phenoxy) is 1. The van der Waals surface area contributed by atoms with E-state index in [0.29, 0.717) is 37.5 Å². The molecule has 2 aliphatic carbocycles. The van der Waals surface area contributed by atoms with Crippen LogP contribution in [0.4, 0.5) is 5.95 Å². The van der Waals surface area contributed by atoms with Gasteiger partial charge in [0.2, 0.25) is 16.0 Å². The fourth-order valence-corrected chi connectivity index (χ4v) is 5.30. The fourth-order valence-electron chi connectivity index (χ4n) is 4.43. The molecular formula is C21H35N7O3S. The van der Waals surface area contributed by atoms with Crippen LogP contribution in [0.1, 0.15) is 58.4 Å². The van der Waals surface area contributed by atoms with E-state index in [0.717, 1.165) is 44.1 Å². The lowest BCUT2D eigenvalue weighted by atomic mass is 9.72. The van der Waals surface area contributed by atoms with Crippen LogP contribution in [0.25, 0.3) is 0 Å². The minimum atomic E-state index is -3.12. The Morgan fingerprint density at radius 2 is 1.97 bits per heavy atom. The molecule has 0 amide bonds. The van der Waals surface area contributed by atoms with Crippen molar-refractivity contribution < 1.29 is 14.6 Å². The maximum absolute atomic E-state index is 11.6. The molecule has 0 unspecified atom stereocenters. The summed E-state index contributed by atoms with van der Waals surface area (Å²) < 4.78 is 30.4. The van der Waals surface area contributed by atoms with Gasteiger partial charge in [0.15, 0.2) is 0 Å². The molecule has 178 valence electrons. The summed E-state index contributed by atoms with van der Waals surface area (Å²) >= 11 is 0. The van der Waals surface area contributed by atoms with E-state index in [1.165, 1.54) is 16.9 Å². The van der Waals surface area contributed by atoms with Gasteiger partial charge in [0.05, 0.1) is 19.2 Å². The van der Waals surface area contributed by atoms with Crippen LogP contribution in [-0.2, 0) is 14.8 Å². The van der Waals surface area contributed by atoms with E-state index in [4.69, 9.17) is 15.6 Å². The number of piperidine rings is 1. The predicted octanol–water partition coefficient (Wildman–Crippen LogP) is 2.47. The van der Waals surface area contributed by atoms with Crippen molar-refractivity contribution >= 4 is 28.3 Å². The number of hydrogen-bond acceptors (Lipinski definition) is 8. The molecule has 4 rings (SSSR count). The first kappa shape index (κ1) is 22.9. The largest absolute Gasteiger partial charge is 0.465 e. The molecule has 1 saturated heterocycles.